The van der Waals surface area contributed by atoms with Crippen molar-refractivity contribution in [3.8, 4) is 0 Å². The lowest BCUT2D eigenvalue weighted by Crippen LogP contribution is -1.88. The van der Waals surface area contributed by atoms with Crippen molar-refractivity contribution in [1.29, 1.82) is 0 Å². The summed E-state index contributed by atoms with van der Waals surface area (Å²) in [5, 5.41) is 0. The van der Waals surface area contributed by atoms with Gasteiger partial charge in [0.25, 0.3) is 0 Å². The normalized spacial score (nSPS) is 22.7. The highest BCUT2D eigenvalue weighted by molar-refractivity contribution is 5.33. The van der Waals surface area contributed by atoms with Gasteiger partial charge in [-0.05, 0) is 25.2 Å². The molecule has 0 saturated heterocycles. The highest BCUT2D eigenvalue weighted by atomic mass is 14.3. The van der Waals surface area contributed by atoms with E-state index in [1.54, 1.807) is 0 Å². The van der Waals surface area contributed by atoms with Crippen LogP contribution in [0, 0.1) is 5.92 Å². The van der Waals surface area contributed by atoms with Crippen molar-refractivity contribution in [3.63, 3.8) is 0 Å². The van der Waals surface area contributed by atoms with Crippen molar-refractivity contribution in [2.24, 2.45) is 5.92 Å². The Kier molecular flexibility index (Phi) is 2.16. The molecule has 0 aromatic rings. The van der Waals surface area contributed by atoms with Crippen molar-refractivity contribution in [3.05, 3.63) is 36.0 Å². The molecule has 64 valence electrons. The third-order valence-electron chi connectivity index (χ3n) is 2.70. The molecule has 1 fully saturated rings. The summed E-state index contributed by atoms with van der Waals surface area (Å²) in [6.45, 7) is 3.92. The minimum Gasteiger partial charge on any atom is -0.0955 e. The molecule has 0 spiro atoms. The lowest BCUT2D eigenvalue weighted by Gasteiger charge is -2.07. The zero-order chi connectivity index (χ0) is 8.39. The van der Waals surface area contributed by atoms with Gasteiger partial charge in [0.2, 0.25) is 0 Å². The summed E-state index contributed by atoms with van der Waals surface area (Å²) in [5.41, 5.74) is 2.76. The van der Waals surface area contributed by atoms with E-state index in [9.17, 15) is 0 Å². The first-order valence-corrected chi connectivity index (χ1v) is 4.89. The topological polar surface area (TPSA) is 0 Å². The summed E-state index contributed by atoms with van der Waals surface area (Å²) in [7, 11) is 0. The molecule has 0 aromatic carbocycles. The Bertz CT molecular complexity index is 239. The fourth-order valence-corrected chi connectivity index (χ4v) is 1.59. The first-order valence-electron chi connectivity index (χ1n) is 4.89. The van der Waals surface area contributed by atoms with Gasteiger partial charge in [0.1, 0.15) is 0 Å². The summed E-state index contributed by atoms with van der Waals surface area (Å²) in [4.78, 5) is 0. The van der Waals surface area contributed by atoms with E-state index in [2.05, 4.69) is 24.8 Å². The van der Waals surface area contributed by atoms with Gasteiger partial charge in [-0.2, -0.15) is 0 Å². The Hall–Kier alpha value is -0.780. The van der Waals surface area contributed by atoms with E-state index < -0.39 is 0 Å². The minimum absolute atomic E-state index is 1.06. The van der Waals surface area contributed by atoms with Crippen molar-refractivity contribution >= 4 is 0 Å². The van der Waals surface area contributed by atoms with Gasteiger partial charge in [-0.3, -0.25) is 0 Å². The Morgan fingerprint density at radius 2 is 2.17 bits per heavy atom. The van der Waals surface area contributed by atoms with Gasteiger partial charge < -0.3 is 0 Å². The molecule has 0 heterocycles. The third kappa shape index (κ3) is 2.10. The quantitative estimate of drug-likeness (QED) is 0.591. The average Bonchev–Trinajstić information content (AvgIpc) is 2.87. The molecule has 0 atom stereocenters. The van der Waals surface area contributed by atoms with Crippen LogP contribution >= 0.6 is 0 Å². The van der Waals surface area contributed by atoms with E-state index in [1.165, 1.54) is 36.8 Å². The van der Waals surface area contributed by atoms with E-state index in [0.29, 0.717) is 0 Å². The Labute approximate surface area is 74.7 Å². The van der Waals surface area contributed by atoms with Gasteiger partial charge >= 0.3 is 0 Å². The van der Waals surface area contributed by atoms with E-state index in [0.717, 1.165) is 12.3 Å². The molecule has 0 heteroatoms. The summed E-state index contributed by atoms with van der Waals surface area (Å²) in [6.07, 6.45) is 13.4. The van der Waals surface area contributed by atoms with Crippen molar-refractivity contribution in [1.82, 2.24) is 0 Å². The summed E-state index contributed by atoms with van der Waals surface area (Å²) in [5.74, 6) is 1.06. The van der Waals surface area contributed by atoms with Crippen LogP contribution in [0.3, 0.4) is 0 Å². The van der Waals surface area contributed by atoms with Gasteiger partial charge in [0, 0.05) is 0 Å². The van der Waals surface area contributed by atoms with Crippen LogP contribution in [0.5, 0.6) is 0 Å². The molecule has 0 radical (unpaired) electrons. The molecule has 2 rings (SSSR count). The maximum atomic E-state index is 3.92. The molecular formula is C12H16. The SMILES string of the molecule is C=C1C=CC(CCC2CC2)=CC1. The standard InChI is InChI=1S/C12H16/c1-10-2-4-11(5-3-10)6-7-12-8-9-12/h2,4-5,12H,1,3,6-9H2. The maximum Gasteiger partial charge on any atom is -0.00975 e. The fraction of sp³-hybridized carbons (Fsp3) is 0.500. The van der Waals surface area contributed by atoms with E-state index in [1.807, 2.05) is 0 Å². The van der Waals surface area contributed by atoms with E-state index in [4.69, 9.17) is 0 Å². The van der Waals surface area contributed by atoms with Crippen LogP contribution in [0.4, 0.5) is 0 Å². The Morgan fingerprint density at radius 1 is 1.33 bits per heavy atom. The van der Waals surface area contributed by atoms with Crippen LogP contribution in [0.2, 0.25) is 0 Å². The molecule has 0 nitrogen and oxygen atoms in total. The molecule has 0 amide bonds. The van der Waals surface area contributed by atoms with Crippen LogP contribution in [0.1, 0.15) is 32.1 Å². The number of hydrogen-bond donors (Lipinski definition) is 0. The monoisotopic (exact) mass is 160 g/mol. The summed E-state index contributed by atoms with van der Waals surface area (Å²) < 4.78 is 0. The molecule has 12 heavy (non-hydrogen) atoms. The second-order valence-corrected chi connectivity index (χ2v) is 3.96. The Morgan fingerprint density at radius 3 is 2.75 bits per heavy atom. The van der Waals surface area contributed by atoms with Crippen molar-refractivity contribution < 1.29 is 0 Å². The van der Waals surface area contributed by atoms with Crippen LogP contribution in [0.25, 0.3) is 0 Å². The summed E-state index contributed by atoms with van der Waals surface area (Å²) >= 11 is 0. The number of allylic oxidation sites excluding steroid dienone is 5. The molecule has 0 aromatic heterocycles. The molecule has 1 saturated carbocycles. The van der Waals surface area contributed by atoms with Gasteiger partial charge in [-0.15, -0.1) is 0 Å². The first kappa shape index (κ1) is 7.85. The minimum atomic E-state index is 1.06. The molecular weight excluding hydrogens is 144 g/mol. The largest absolute Gasteiger partial charge is 0.0955 e. The fourth-order valence-electron chi connectivity index (χ4n) is 1.59. The van der Waals surface area contributed by atoms with Crippen molar-refractivity contribution in [2.45, 2.75) is 32.1 Å². The third-order valence-corrected chi connectivity index (χ3v) is 2.70. The summed E-state index contributed by atoms with van der Waals surface area (Å²) in [6, 6.07) is 0. The van der Waals surface area contributed by atoms with Crippen LogP contribution < -0.4 is 0 Å². The maximum absolute atomic E-state index is 3.92. The van der Waals surface area contributed by atoms with E-state index in [-0.39, 0.29) is 0 Å². The zero-order valence-electron chi connectivity index (χ0n) is 7.55. The van der Waals surface area contributed by atoms with E-state index >= 15 is 0 Å². The molecule has 0 N–H and O–H groups in total. The molecule has 0 aliphatic heterocycles. The van der Waals surface area contributed by atoms with Crippen molar-refractivity contribution in [2.75, 3.05) is 0 Å². The van der Waals surface area contributed by atoms with Crippen LogP contribution in [-0.4, -0.2) is 0 Å². The molecule has 2 aliphatic rings. The number of hydrogen-bond acceptors (Lipinski definition) is 0. The molecule has 2 aliphatic carbocycles. The predicted octanol–water partition coefficient (Wildman–Crippen LogP) is 3.62. The zero-order valence-corrected chi connectivity index (χ0v) is 7.55. The predicted molar refractivity (Wildman–Crippen MR) is 52.9 cm³/mol. The Balaban J connectivity index is 1.80. The molecule has 0 unspecified atom stereocenters. The van der Waals surface area contributed by atoms with Crippen LogP contribution in [0.15, 0.2) is 36.0 Å². The number of rotatable bonds is 3. The van der Waals surface area contributed by atoms with Gasteiger partial charge in [-0.25, -0.2) is 0 Å². The second-order valence-electron chi connectivity index (χ2n) is 3.96. The lowest BCUT2D eigenvalue weighted by molar-refractivity contribution is 0.726. The smallest absolute Gasteiger partial charge is 0.00975 e. The average molecular weight is 160 g/mol. The highest BCUT2D eigenvalue weighted by Gasteiger charge is 2.20. The van der Waals surface area contributed by atoms with Gasteiger partial charge in [0.15, 0.2) is 0 Å². The van der Waals surface area contributed by atoms with Gasteiger partial charge in [-0.1, -0.05) is 48.8 Å². The first-order chi connectivity index (χ1) is 5.84. The second kappa shape index (κ2) is 3.30. The molecule has 0 bridgehead atoms. The highest BCUT2D eigenvalue weighted by Crippen LogP contribution is 2.35. The lowest BCUT2D eigenvalue weighted by atomic mass is 9.99. The van der Waals surface area contributed by atoms with Crippen LogP contribution in [-0.2, 0) is 0 Å². The van der Waals surface area contributed by atoms with Gasteiger partial charge in [0.05, 0.1) is 0 Å².